The molecule has 1 aliphatic rings. The minimum Gasteiger partial charge on any atom is -0.274 e. The lowest BCUT2D eigenvalue weighted by molar-refractivity contribution is -0.200. The molecule has 3 nitrogen and oxygen atoms in total. The van der Waals surface area contributed by atoms with Crippen LogP contribution in [0.5, 0.6) is 0 Å². The first-order valence-electron chi connectivity index (χ1n) is 7.23. The molecule has 0 bridgehead atoms. The normalized spacial score (nSPS) is 24.3. The molecule has 0 saturated carbocycles. The first-order chi connectivity index (χ1) is 8.74. The highest BCUT2D eigenvalue weighted by atomic mass is 16.7. The van der Waals surface area contributed by atoms with Crippen molar-refractivity contribution in [3.63, 3.8) is 0 Å². The van der Waals surface area contributed by atoms with Crippen molar-refractivity contribution >= 4 is 5.91 Å². The number of carbonyl (C=O) groups is 1. The molecule has 1 amide bonds. The molecule has 1 saturated heterocycles. The fourth-order valence-corrected chi connectivity index (χ4v) is 2.75. The van der Waals surface area contributed by atoms with Gasteiger partial charge in [-0.3, -0.25) is 9.63 Å². The molecule has 104 valence electrons. The van der Waals surface area contributed by atoms with Crippen LogP contribution in [0.25, 0.3) is 0 Å². The molecular formula is C15H27NO2. The maximum atomic E-state index is 11.8. The zero-order chi connectivity index (χ0) is 13.4. The van der Waals surface area contributed by atoms with Gasteiger partial charge in [-0.15, -0.1) is 6.58 Å². The Bertz CT molecular complexity index is 265. The molecule has 0 aromatic rings. The number of hydroxylamine groups is 2. The summed E-state index contributed by atoms with van der Waals surface area (Å²) < 4.78 is 0. The van der Waals surface area contributed by atoms with Crippen molar-refractivity contribution in [1.29, 1.82) is 0 Å². The van der Waals surface area contributed by atoms with E-state index >= 15 is 0 Å². The maximum absolute atomic E-state index is 11.8. The molecule has 1 rings (SSSR count). The monoisotopic (exact) mass is 253 g/mol. The molecule has 0 unspecified atom stereocenters. The van der Waals surface area contributed by atoms with Crippen LogP contribution in [0.4, 0.5) is 0 Å². The van der Waals surface area contributed by atoms with Crippen molar-refractivity contribution in [2.24, 2.45) is 5.92 Å². The topological polar surface area (TPSA) is 29.5 Å². The number of carbonyl (C=O) groups excluding carboxylic acids is 1. The van der Waals surface area contributed by atoms with Crippen molar-refractivity contribution in [2.75, 3.05) is 7.11 Å². The van der Waals surface area contributed by atoms with E-state index in [0.29, 0.717) is 12.3 Å². The van der Waals surface area contributed by atoms with Gasteiger partial charge in [-0.2, -0.15) is 0 Å². The molecule has 1 aliphatic heterocycles. The van der Waals surface area contributed by atoms with Crippen LogP contribution in [0.15, 0.2) is 12.7 Å². The van der Waals surface area contributed by atoms with E-state index in [0.717, 1.165) is 12.8 Å². The average Bonchev–Trinajstić information content (AvgIpc) is 2.39. The SMILES string of the molecule is C=C[C@@H]1CCC(=O)N(OC)[C@@H]1CCCCCCC. The van der Waals surface area contributed by atoms with Gasteiger partial charge in [0.1, 0.15) is 0 Å². The Hall–Kier alpha value is -0.830. The predicted molar refractivity (Wildman–Crippen MR) is 73.9 cm³/mol. The van der Waals surface area contributed by atoms with Crippen LogP contribution in [-0.2, 0) is 9.63 Å². The lowest BCUT2D eigenvalue weighted by Crippen LogP contribution is -2.47. The van der Waals surface area contributed by atoms with E-state index in [-0.39, 0.29) is 11.9 Å². The molecule has 1 fully saturated rings. The van der Waals surface area contributed by atoms with Crippen LogP contribution in [0.1, 0.15) is 58.3 Å². The summed E-state index contributed by atoms with van der Waals surface area (Å²) in [5.41, 5.74) is 0. The van der Waals surface area contributed by atoms with E-state index in [1.807, 2.05) is 6.08 Å². The lowest BCUT2D eigenvalue weighted by Gasteiger charge is -2.38. The van der Waals surface area contributed by atoms with Crippen LogP contribution < -0.4 is 0 Å². The number of piperidine rings is 1. The molecule has 0 aliphatic carbocycles. The fourth-order valence-electron chi connectivity index (χ4n) is 2.75. The van der Waals surface area contributed by atoms with Gasteiger partial charge in [0.05, 0.1) is 13.2 Å². The van der Waals surface area contributed by atoms with Gasteiger partial charge in [0.25, 0.3) is 0 Å². The molecule has 18 heavy (non-hydrogen) atoms. The number of rotatable bonds is 8. The van der Waals surface area contributed by atoms with E-state index in [1.54, 1.807) is 12.2 Å². The van der Waals surface area contributed by atoms with Crippen molar-refractivity contribution in [3.05, 3.63) is 12.7 Å². The Balaban J connectivity index is 2.45. The Labute approximate surface area is 111 Å². The van der Waals surface area contributed by atoms with Crippen LogP contribution in [-0.4, -0.2) is 24.1 Å². The van der Waals surface area contributed by atoms with Crippen molar-refractivity contribution < 1.29 is 9.63 Å². The molecule has 2 atom stereocenters. The Morgan fingerprint density at radius 2 is 2.11 bits per heavy atom. The third kappa shape index (κ3) is 4.13. The third-order valence-electron chi connectivity index (χ3n) is 3.84. The van der Waals surface area contributed by atoms with Gasteiger partial charge in [-0.25, -0.2) is 5.06 Å². The Kier molecular flexibility index (Phi) is 7.02. The van der Waals surface area contributed by atoms with Crippen molar-refractivity contribution in [3.8, 4) is 0 Å². The first-order valence-corrected chi connectivity index (χ1v) is 7.23. The highest BCUT2D eigenvalue weighted by molar-refractivity contribution is 5.76. The van der Waals surface area contributed by atoms with E-state index in [9.17, 15) is 4.79 Å². The summed E-state index contributed by atoms with van der Waals surface area (Å²) in [6, 6.07) is 0.190. The van der Waals surface area contributed by atoms with Crippen LogP contribution >= 0.6 is 0 Å². The molecular weight excluding hydrogens is 226 g/mol. The predicted octanol–water partition coefficient (Wildman–Crippen LogP) is 3.70. The van der Waals surface area contributed by atoms with Gasteiger partial charge in [-0.05, 0) is 12.8 Å². The Morgan fingerprint density at radius 3 is 2.72 bits per heavy atom. The number of amides is 1. The van der Waals surface area contributed by atoms with Gasteiger partial charge in [0.15, 0.2) is 0 Å². The van der Waals surface area contributed by atoms with E-state index in [4.69, 9.17) is 4.84 Å². The van der Waals surface area contributed by atoms with Gasteiger partial charge < -0.3 is 0 Å². The molecule has 0 radical (unpaired) electrons. The largest absolute Gasteiger partial charge is 0.274 e. The van der Waals surface area contributed by atoms with Gasteiger partial charge >= 0.3 is 0 Å². The second kappa shape index (κ2) is 8.30. The molecule has 0 aromatic carbocycles. The first kappa shape index (κ1) is 15.2. The molecule has 0 N–H and O–H groups in total. The third-order valence-corrected chi connectivity index (χ3v) is 3.84. The summed E-state index contributed by atoms with van der Waals surface area (Å²) in [7, 11) is 1.59. The number of hydrogen-bond donors (Lipinski definition) is 0. The minimum absolute atomic E-state index is 0.120. The maximum Gasteiger partial charge on any atom is 0.246 e. The molecule has 0 aromatic heterocycles. The standard InChI is InChI=1S/C15H27NO2/c1-4-6-7-8-9-10-14-13(5-2)11-12-15(17)16(14)18-3/h5,13-14H,2,4,6-12H2,1,3H3/t13-,14-/m1/s1. The summed E-state index contributed by atoms with van der Waals surface area (Å²) in [5, 5.41) is 1.58. The summed E-state index contributed by atoms with van der Waals surface area (Å²) in [6.45, 7) is 6.11. The summed E-state index contributed by atoms with van der Waals surface area (Å²) in [4.78, 5) is 17.1. The van der Waals surface area contributed by atoms with Gasteiger partial charge in [0, 0.05) is 12.3 Å². The van der Waals surface area contributed by atoms with Crippen LogP contribution in [0.2, 0.25) is 0 Å². The fraction of sp³-hybridized carbons (Fsp3) is 0.800. The number of unbranched alkanes of at least 4 members (excludes halogenated alkanes) is 4. The van der Waals surface area contributed by atoms with Crippen molar-refractivity contribution in [2.45, 2.75) is 64.3 Å². The summed E-state index contributed by atoms with van der Waals surface area (Å²) >= 11 is 0. The second-order valence-corrected chi connectivity index (χ2v) is 5.11. The molecule has 1 heterocycles. The Morgan fingerprint density at radius 1 is 1.39 bits per heavy atom. The molecule has 0 spiro atoms. The lowest BCUT2D eigenvalue weighted by atomic mass is 9.87. The van der Waals surface area contributed by atoms with Gasteiger partial charge in [0.2, 0.25) is 5.91 Å². The molecule has 3 heteroatoms. The quantitative estimate of drug-likeness (QED) is 0.487. The highest BCUT2D eigenvalue weighted by Crippen LogP contribution is 2.29. The smallest absolute Gasteiger partial charge is 0.246 e. The second-order valence-electron chi connectivity index (χ2n) is 5.11. The zero-order valence-electron chi connectivity index (χ0n) is 11.9. The zero-order valence-corrected chi connectivity index (χ0v) is 11.9. The van der Waals surface area contributed by atoms with Gasteiger partial charge in [-0.1, -0.05) is 45.1 Å². The highest BCUT2D eigenvalue weighted by Gasteiger charge is 2.34. The number of hydrogen-bond acceptors (Lipinski definition) is 2. The van der Waals surface area contributed by atoms with Crippen LogP contribution in [0, 0.1) is 5.92 Å². The van der Waals surface area contributed by atoms with E-state index in [2.05, 4.69) is 13.5 Å². The minimum atomic E-state index is 0.120. The van der Waals surface area contributed by atoms with Crippen molar-refractivity contribution in [1.82, 2.24) is 5.06 Å². The van der Waals surface area contributed by atoms with Crippen LogP contribution in [0.3, 0.4) is 0 Å². The average molecular weight is 253 g/mol. The van der Waals surface area contributed by atoms with E-state index < -0.39 is 0 Å². The summed E-state index contributed by atoms with van der Waals surface area (Å²) in [6.07, 6.45) is 10.8. The van der Waals surface area contributed by atoms with E-state index in [1.165, 1.54) is 32.1 Å². The number of nitrogens with zero attached hydrogens (tertiary/aromatic N) is 1. The summed E-state index contributed by atoms with van der Waals surface area (Å²) in [5.74, 6) is 0.503.